The summed E-state index contributed by atoms with van der Waals surface area (Å²) in [4.78, 5) is 60.3. The van der Waals surface area contributed by atoms with E-state index in [0.29, 0.717) is 48.6 Å². The lowest BCUT2D eigenvalue weighted by Crippen LogP contribution is -2.59. The smallest absolute Gasteiger partial charge is 0.405 e. The Balaban J connectivity index is 1.36. The molecule has 2 aliphatic carbocycles. The number of carbonyl (C=O) groups excluding carboxylic acids is 3. The molecule has 0 bridgehead atoms. The largest absolute Gasteiger partial charge is 0.494 e. The first kappa shape index (κ1) is 37.3. The van der Waals surface area contributed by atoms with Gasteiger partial charge in [-0.1, -0.05) is 32.4 Å². The Kier molecular flexibility index (Phi) is 10.2. The molecule has 1 saturated heterocycles. The maximum absolute atomic E-state index is 14.5. The van der Waals surface area contributed by atoms with Crippen LogP contribution in [0.2, 0.25) is 0 Å². The van der Waals surface area contributed by atoms with Crippen molar-refractivity contribution in [3.8, 4) is 11.6 Å². The summed E-state index contributed by atoms with van der Waals surface area (Å²) in [5.41, 5.74) is -1.58. The number of carbonyl (C=O) groups is 4. The lowest BCUT2D eigenvalue weighted by atomic mass is 9.85. The fourth-order valence-electron chi connectivity index (χ4n) is 7.53. The molecule has 52 heavy (non-hydrogen) atoms. The Morgan fingerprint density at radius 3 is 2.62 bits per heavy atom. The highest BCUT2D eigenvalue weighted by atomic mass is 32.2. The first-order valence-corrected chi connectivity index (χ1v) is 19.2. The zero-order valence-corrected chi connectivity index (χ0v) is 30.5. The van der Waals surface area contributed by atoms with E-state index in [1.807, 2.05) is 26.0 Å². The van der Waals surface area contributed by atoms with E-state index in [0.717, 1.165) is 6.42 Å². The van der Waals surface area contributed by atoms with Crippen LogP contribution < -0.4 is 24.8 Å². The summed E-state index contributed by atoms with van der Waals surface area (Å²) in [6.07, 6.45) is 6.16. The molecular weight excluding hydrogens is 697 g/mol. The number of hydrogen-bond acceptors (Lipinski definition) is 9. The summed E-state index contributed by atoms with van der Waals surface area (Å²) in [6, 6.07) is 1.61. The fraction of sp³-hybridized carbons (Fsp3) is 0.583. The van der Waals surface area contributed by atoms with Gasteiger partial charge in [0.05, 0.1) is 30.0 Å². The maximum atomic E-state index is 14.5. The van der Waals surface area contributed by atoms with Crippen LogP contribution in [-0.2, 0) is 24.4 Å². The number of nitrogens with one attached hydrogen (secondary N) is 3. The number of hydrogen-bond donors (Lipinski definition) is 4. The highest BCUT2D eigenvalue weighted by molar-refractivity contribution is 7.91. The molecule has 3 fully saturated rings. The van der Waals surface area contributed by atoms with Crippen molar-refractivity contribution >= 4 is 44.6 Å². The Morgan fingerprint density at radius 2 is 1.94 bits per heavy atom. The van der Waals surface area contributed by atoms with Crippen LogP contribution in [0.25, 0.3) is 10.8 Å². The number of carboxylic acid groups (broad SMARTS) is 1. The molecule has 2 aliphatic heterocycles. The second kappa shape index (κ2) is 14.2. The van der Waals surface area contributed by atoms with Crippen LogP contribution in [0.15, 0.2) is 36.5 Å². The minimum absolute atomic E-state index is 0.0402. The predicted octanol–water partition coefficient (Wildman–Crippen LogP) is 3.64. The molecule has 16 heteroatoms. The molecule has 6 rings (SSSR count). The van der Waals surface area contributed by atoms with E-state index < -0.39 is 80.0 Å². The molecule has 1 aromatic heterocycles. The number of amides is 4. The van der Waals surface area contributed by atoms with Crippen molar-refractivity contribution in [1.82, 2.24) is 25.2 Å². The Bertz CT molecular complexity index is 1900. The van der Waals surface area contributed by atoms with Gasteiger partial charge in [-0.05, 0) is 75.5 Å². The van der Waals surface area contributed by atoms with Gasteiger partial charge in [-0.3, -0.25) is 19.1 Å². The number of fused-ring (bicyclic) bond motifs is 3. The molecule has 7 atom stereocenters. The molecule has 2 saturated carbocycles. The fourth-order valence-corrected chi connectivity index (χ4v) is 8.84. The van der Waals surface area contributed by atoms with E-state index in [-0.39, 0.29) is 31.2 Å². The third kappa shape index (κ3) is 7.26. The highest BCUT2D eigenvalue weighted by Crippen LogP contribution is 2.47. The van der Waals surface area contributed by atoms with Gasteiger partial charge in [0.2, 0.25) is 27.7 Å². The van der Waals surface area contributed by atoms with Crippen LogP contribution in [0.3, 0.4) is 0 Å². The van der Waals surface area contributed by atoms with E-state index in [1.165, 1.54) is 36.4 Å². The number of rotatable bonds is 8. The number of aromatic nitrogens is 1. The van der Waals surface area contributed by atoms with Crippen molar-refractivity contribution in [3.05, 3.63) is 42.4 Å². The van der Waals surface area contributed by atoms with Crippen molar-refractivity contribution in [2.75, 3.05) is 13.7 Å². The molecule has 4 amide bonds. The molecule has 4 aliphatic rings. The minimum atomic E-state index is -4.03. The molecule has 2 aromatic rings. The molecule has 14 nitrogen and oxygen atoms in total. The number of nitrogens with zero attached hydrogens (tertiary/aromatic N) is 2. The number of sulfonamides is 1. The van der Waals surface area contributed by atoms with Crippen molar-refractivity contribution in [3.63, 3.8) is 0 Å². The molecule has 0 radical (unpaired) electrons. The van der Waals surface area contributed by atoms with Gasteiger partial charge in [0, 0.05) is 17.7 Å². The molecule has 0 unspecified atom stereocenters. The third-order valence-corrected chi connectivity index (χ3v) is 13.3. The maximum Gasteiger partial charge on any atom is 0.405 e. The van der Waals surface area contributed by atoms with Crippen LogP contribution in [-0.4, -0.2) is 89.4 Å². The second-order valence-electron chi connectivity index (χ2n) is 14.9. The highest BCUT2D eigenvalue weighted by Gasteiger charge is 2.63. The van der Waals surface area contributed by atoms with Crippen molar-refractivity contribution in [2.24, 2.45) is 17.8 Å². The zero-order valence-electron chi connectivity index (χ0n) is 29.7. The van der Waals surface area contributed by atoms with E-state index in [9.17, 15) is 37.1 Å². The van der Waals surface area contributed by atoms with E-state index in [1.54, 1.807) is 6.92 Å². The summed E-state index contributed by atoms with van der Waals surface area (Å²) < 4.78 is 53.4. The van der Waals surface area contributed by atoms with E-state index >= 15 is 0 Å². The van der Waals surface area contributed by atoms with Gasteiger partial charge in [-0.2, -0.15) is 0 Å². The molecule has 4 N–H and O–H groups in total. The van der Waals surface area contributed by atoms with Gasteiger partial charge in [-0.25, -0.2) is 22.6 Å². The van der Waals surface area contributed by atoms with Crippen molar-refractivity contribution in [2.45, 2.75) is 101 Å². The summed E-state index contributed by atoms with van der Waals surface area (Å²) in [5.74, 6) is -3.11. The van der Waals surface area contributed by atoms with Crippen LogP contribution in [0.4, 0.5) is 9.18 Å². The number of methoxy groups -OCH3 is 1. The van der Waals surface area contributed by atoms with E-state index in [2.05, 4.69) is 20.3 Å². The number of ether oxygens (including phenoxy) is 2. The monoisotopic (exact) mass is 743 g/mol. The van der Waals surface area contributed by atoms with Gasteiger partial charge in [0.25, 0.3) is 5.91 Å². The summed E-state index contributed by atoms with van der Waals surface area (Å²) in [6.45, 7) is 5.31. The average molecular weight is 744 g/mol. The summed E-state index contributed by atoms with van der Waals surface area (Å²) >= 11 is 0. The van der Waals surface area contributed by atoms with Crippen LogP contribution in [0.5, 0.6) is 11.6 Å². The number of allylic oxidation sites excluding steroid dienone is 1. The Morgan fingerprint density at radius 1 is 1.19 bits per heavy atom. The number of benzene rings is 1. The van der Waals surface area contributed by atoms with Crippen molar-refractivity contribution < 1.29 is 46.6 Å². The first-order chi connectivity index (χ1) is 24.6. The topological polar surface area (TPSA) is 193 Å². The zero-order chi connectivity index (χ0) is 37.6. The lowest BCUT2D eigenvalue weighted by Gasteiger charge is -2.33. The van der Waals surface area contributed by atoms with E-state index in [4.69, 9.17) is 9.47 Å². The van der Waals surface area contributed by atoms with Gasteiger partial charge in [-0.15, -0.1) is 0 Å². The van der Waals surface area contributed by atoms with Crippen LogP contribution in [0, 0.1) is 23.6 Å². The van der Waals surface area contributed by atoms with Gasteiger partial charge in [0.1, 0.15) is 35.3 Å². The third-order valence-electron chi connectivity index (χ3n) is 11.2. The molecular formula is C36H46FN5O9S. The normalized spacial score (nSPS) is 30.8. The molecule has 1 aromatic carbocycles. The van der Waals surface area contributed by atoms with Crippen molar-refractivity contribution in [1.29, 1.82) is 0 Å². The van der Waals surface area contributed by atoms with Gasteiger partial charge < -0.3 is 30.1 Å². The van der Waals surface area contributed by atoms with Crippen LogP contribution in [0.1, 0.15) is 72.1 Å². The number of halogens is 1. The molecule has 282 valence electrons. The second-order valence-corrected chi connectivity index (χ2v) is 17.1. The predicted molar refractivity (Wildman–Crippen MR) is 187 cm³/mol. The molecule has 3 heterocycles. The summed E-state index contributed by atoms with van der Waals surface area (Å²) in [7, 11) is -2.57. The SMILES string of the molecule is CC[C@@H]1C[C@H](C)CC/C=C\[C@@H]2C[C@@]2(C(=O)NS(=O)(=O)C2(C)CC2)NC(=O)[C@@H]2C[C@@H](Oc3ncc(OC)c4ccc(F)cc34)CN2C(=O)[C@H]1NC(=O)O. The first-order valence-electron chi connectivity index (χ1n) is 17.8. The number of pyridine rings is 1. The Labute approximate surface area is 301 Å². The lowest BCUT2D eigenvalue weighted by molar-refractivity contribution is -0.142. The summed E-state index contributed by atoms with van der Waals surface area (Å²) in [5, 5.41) is 15.9. The minimum Gasteiger partial charge on any atom is -0.494 e. The Hall–Kier alpha value is -4.47. The quantitative estimate of drug-likeness (QED) is 0.290. The van der Waals surface area contributed by atoms with Gasteiger partial charge in [0.15, 0.2) is 0 Å². The van der Waals surface area contributed by atoms with Crippen LogP contribution >= 0.6 is 0 Å². The standard InChI is InChI=1S/C36H46FN5O9S/c1-5-21-14-20(2)8-6-7-9-22-17-36(22,33(45)41-52(48,49)35(3)12-13-35)40-30(43)27-16-24(19-42(27)32(44)29(21)39-34(46)47)51-31-26-15-23(37)10-11-25(26)28(50-4)18-38-31/h7,9-11,15,18,20-22,24,27,29,39H,5-6,8,12-14,16-17,19H2,1-4H3,(H,40,43)(H,41,45)(H,46,47)/b9-7-/t20-,21-,22-,24-,27+,29+,36-/m1/s1. The average Bonchev–Trinajstić information content (AvgIpc) is 3.97. The van der Waals surface area contributed by atoms with Gasteiger partial charge >= 0.3 is 6.09 Å². The molecule has 0 spiro atoms.